The van der Waals surface area contributed by atoms with Gasteiger partial charge in [-0.25, -0.2) is 17.9 Å². The highest BCUT2D eigenvalue weighted by Crippen LogP contribution is 2.17. The zero-order valence-corrected chi connectivity index (χ0v) is 12.3. The average molecular weight is 309 g/mol. The van der Waals surface area contributed by atoms with E-state index in [1.54, 1.807) is 6.92 Å². The van der Waals surface area contributed by atoms with Crippen molar-refractivity contribution < 1.29 is 22.5 Å². The number of aromatic carboxylic acids is 1. The molecule has 19 heavy (non-hydrogen) atoms. The molecule has 0 aliphatic carbocycles. The summed E-state index contributed by atoms with van der Waals surface area (Å²) in [7, 11) is -5.19. The molecular weight excluding hydrogens is 294 g/mol. The largest absolute Gasteiger partial charge is 0.476 e. The summed E-state index contributed by atoms with van der Waals surface area (Å²) >= 11 is 0. The summed E-state index contributed by atoms with van der Waals surface area (Å²) in [4.78, 5) is 10.5. The summed E-state index contributed by atoms with van der Waals surface area (Å²) in [6.45, 7) is 2.96. The molecule has 0 aliphatic rings. The molecule has 8 nitrogen and oxygen atoms in total. The van der Waals surface area contributed by atoms with Gasteiger partial charge in [0, 0.05) is 28.9 Å². The highest BCUT2D eigenvalue weighted by atomic mass is 32.2. The number of aryl methyl sites for hydroxylation is 1. The Labute approximate surface area is 113 Å². The van der Waals surface area contributed by atoms with Crippen molar-refractivity contribution in [3.05, 3.63) is 11.4 Å². The lowest BCUT2D eigenvalue weighted by atomic mass is 10.4. The fraction of sp³-hybridized carbons (Fsp3) is 0.556. The Kier molecular flexibility index (Phi) is 4.82. The van der Waals surface area contributed by atoms with Gasteiger partial charge in [-0.15, -0.1) is 0 Å². The highest BCUT2D eigenvalue weighted by molar-refractivity contribution is 7.89. The van der Waals surface area contributed by atoms with Crippen molar-refractivity contribution in [2.24, 2.45) is 0 Å². The van der Waals surface area contributed by atoms with Gasteiger partial charge >= 0.3 is 5.97 Å². The van der Waals surface area contributed by atoms with Gasteiger partial charge in [0.1, 0.15) is 4.90 Å². The first-order valence-corrected chi connectivity index (χ1v) is 8.46. The molecule has 0 saturated carbocycles. The Morgan fingerprint density at radius 2 is 2.16 bits per heavy atom. The van der Waals surface area contributed by atoms with E-state index in [2.05, 4.69) is 14.9 Å². The molecule has 1 heterocycles. The van der Waals surface area contributed by atoms with E-state index in [1.807, 2.05) is 0 Å². The summed E-state index contributed by atoms with van der Waals surface area (Å²) in [5.74, 6) is -1.30. The van der Waals surface area contributed by atoms with Crippen LogP contribution in [0.5, 0.6) is 0 Å². The molecule has 1 rings (SSSR count). The van der Waals surface area contributed by atoms with Crippen LogP contribution in [0.1, 0.15) is 23.1 Å². The molecule has 2 unspecified atom stereocenters. The number of hydrogen-bond acceptors (Lipinski definition) is 5. The van der Waals surface area contributed by atoms with Crippen molar-refractivity contribution in [3.8, 4) is 0 Å². The molecule has 0 amide bonds. The van der Waals surface area contributed by atoms with Crippen LogP contribution in [0.2, 0.25) is 0 Å². The zero-order chi connectivity index (χ0) is 14.8. The van der Waals surface area contributed by atoms with Crippen LogP contribution in [0.3, 0.4) is 0 Å². The quantitative estimate of drug-likeness (QED) is 0.647. The van der Waals surface area contributed by atoms with Crippen molar-refractivity contribution in [2.45, 2.75) is 24.8 Å². The summed E-state index contributed by atoms with van der Waals surface area (Å²) < 4.78 is 37.5. The van der Waals surface area contributed by atoms with Gasteiger partial charge in [0.25, 0.3) is 0 Å². The first-order valence-electron chi connectivity index (χ1n) is 5.25. The van der Waals surface area contributed by atoms with Crippen LogP contribution in [0.25, 0.3) is 0 Å². The number of aromatic amines is 1. The van der Waals surface area contributed by atoms with Gasteiger partial charge in [0.05, 0.1) is 5.69 Å². The van der Waals surface area contributed by atoms with Gasteiger partial charge in [-0.2, -0.15) is 5.10 Å². The van der Waals surface area contributed by atoms with Crippen LogP contribution < -0.4 is 4.72 Å². The van der Waals surface area contributed by atoms with Gasteiger partial charge in [0.15, 0.2) is 5.69 Å². The van der Waals surface area contributed by atoms with Crippen LogP contribution in [-0.2, 0) is 20.8 Å². The zero-order valence-electron chi connectivity index (χ0n) is 10.6. The Bertz CT molecular complexity index is 607. The third-order valence-electron chi connectivity index (χ3n) is 2.20. The molecule has 2 atom stereocenters. The Morgan fingerprint density at radius 1 is 1.58 bits per heavy atom. The molecule has 0 fully saturated rings. The van der Waals surface area contributed by atoms with Crippen molar-refractivity contribution in [1.82, 2.24) is 14.9 Å². The first-order chi connectivity index (χ1) is 8.65. The standard InChI is InChI=1S/C9H15N3O5S2/c1-5(4-18(3)15)12-19(16,17)8-6(2)10-11-7(8)9(13)14/h5,12H,4H2,1-3H3,(H,10,11)(H,13,14). The molecule has 108 valence electrons. The number of carbonyl (C=O) groups is 1. The third kappa shape index (κ3) is 3.85. The smallest absolute Gasteiger partial charge is 0.357 e. The van der Waals surface area contributed by atoms with Crippen LogP contribution in [0, 0.1) is 6.92 Å². The maximum atomic E-state index is 12.1. The second-order valence-corrected chi connectivity index (χ2v) is 7.22. The molecule has 3 N–H and O–H groups in total. The number of carboxylic acids is 1. The molecular formula is C9H15N3O5S2. The fourth-order valence-corrected chi connectivity index (χ4v) is 4.06. The second kappa shape index (κ2) is 5.80. The number of hydrogen-bond donors (Lipinski definition) is 3. The first kappa shape index (κ1) is 15.8. The van der Waals surface area contributed by atoms with Crippen LogP contribution in [0.4, 0.5) is 0 Å². The van der Waals surface area contributed by atoms with Gasteiger partial charge in [-0.3, -0.25) is 9.31 Å². The number of carboxylic acid groups (broad SMARTS) is 1. The lowest BCUT2D eigenvalue weighted by Crippen LogP contribution is -2.37. The van der Waals surface area contributed by atoms with Crippen molar-refractivity contribution in [1.29, 1.82) is 0 Å². The van der Waals surface area contributed by atoms with Gasteiger partial charge in [0.2, 0.25) is 10.0 Å². The summed E-state index contributed by atoms with van der Waals surface area (Å²) in [5.41, 5.74) is -0.426. The molecule has 0 saturated heterocycles. The summed E-state index contributed by atoms with van der Waals surface area (Å²) in [5, 5.41) is 14.7. The molecule has 0 bridgehead atoms. The average Bonchev–Trinajstić information content (AvgIpc) is 2.58. The van der Waals surface area contributed by atoms with E-state index in [4.69, 9.17) is 5.11 Å². The van der Waals surface area contributed by atoms with Crippen LogP contribution in [-0.4, -0.2) is 52.0 Å². The summed E-state index contributed by atoms with van der Waals surface area (Å²) in [6.07, 6.45) is 1.45. The predicted molar refractivity (Wildman–Crippen MR) is 69.0 cm³/mol. The van der Waals surface area contributed by atoms with E-state index in [1.165, 1.54) is 13.2 Å². The Morgan fingerprint density at radius 3 is 2.63 bits per heavy atom. The maximum Gasteiger partial charge on any atom is 0.357 e. The molecule has 0 aliphatic heterocycles. The van der Waals surface area contributed by atoms with Crippen molar-refractivity contribution in [3.63, 3.8) is 0 Å². The highest BCUT2D eigenvalue weighted by Gasteiger charge is 2.29. The predicted octanol–water partition coefficient (Wildman–Crippen LogP) is -0.538. The number of aromatic nitrogens is 2. The van der Waals surface area contributed by atoms with Gasteiger partial charge < -0.3 is 5.11 Å². The minimum Gasteiger partial charge on any atom is -0.476 e. The normalized spacial score (nSPS) is 15.1. The summed E-state index contributed by atoms with van der Waals surface area (Å²) in [6, 6.07) is -0.577. The minimum absolute atomic E-state index is 0.134. The Balaban J connectivity index is 3.11. The monoisotopic (exact) mass is 309 g/mol. The van der Waals surface area contributed by atoms with Crippen LogP contribution >= 0.6 is 0 Å². The number of sulfonamides is 1. The number of rotatable bonds is 6. The topological polar surface area (TPSA) is 129 Å². The molecule has 0 radical (unpaired) electrons. The molecule has 0 aromatic carbocycles. The molecule has 0 spiro atoms. The molecule has 1 aromatic heterocycles. The lowest BCUT2D eigenvalue weighted by Gasteiger charge is -2.12. The third-order valence-corrected chi connectivity index (χ3v) is 4.92. The van der Waals surface area contributed by atoms with Gasteiger partial charge in [-0.1, -0.05) is 0 Å². The van der Waals surface area contributed by atoms with Crippen molar-refractivity contribution >= 4 is 26.8 Å². The molecule has 10 heteroatoms. The second-order valence-electron chi connectivity index (χ2n) is 4.09. The van der Waals surface area contributed by atoms with E-state index in [0.29, 0.717) is 0 Å². The van der Waals surface area contributed by atoms with E-state index in [-0.39, 0.29) is 11.4 Å². The molecule has 1 aromatic rings. The van der Waals surface area contributed by atoms with E-state index >= 15 is 0 Å². The minimum atomic E-state index is -4.03. The van der Waals surface area contributed by atoms with E-state index < -0.39 is 43.4 Å². The van der Waals surface area contributed by atoms with Crippen LogP contribution in [0.15, 0.2) is 4.90 Å². The SMILES string of the molecule is Cc1[nH]nc(C(=O)O)c1S(=O)(=O)NC(C)CS(C)=O. The number of H-pyrrole nitrogens is 1. The van der Waals surface area contributed by atoms with E-state index in [0.717, 1.165) is 0 Å². The lowest BCUT2D eigenvalue weighted by molar-refractivity contribution is 0.0686. The number of nitrogens with one attached hydrogen (secondary N) is 2. The fourth-order valence-electron chi connectivity index (χ4n) is 1.60. The number of nitrogens with zero attached hydrogens (tertiary/aromatic N) is 1. The van der Waals surface area contributed by atoms with E-state index in [9.17, 15) is 17.4 Å². The maximum absolute atomic E-state index is 12.1. The Hall–Kier alpha value is -1.26. The van der Waals surface area contributed by atoms with Crippen molar-refractivity contribution in [2.75, 3.05) is 12.0 Å². The van der Waals surface area contributed by atoms with Gasteiger partial charge in [-0.05, 0) is 13.8 Å².